The first-order valence-electron chi connectivity index (χ1n) is 8.44. The lowest BCUT2D eigenvalue weighted by Gasteiger charge is -2.20. The highest BCUT2D eigenvalue weighted by Gasteiger charge is 2.16. The van der Waals surface area contributed by atoms with Gasteiger partial charge in [0.15, 0.2) is 17.5 Å². The maximum Gasteiger partial charge on any atom is 0.203 e. The molecule has 2 rings (SSSR count). The Kier molecular flexibility index (Phi) is 7.14. The number of methoxy groups -OCH3 is 3. The molecular formula is C20H27N3O3. The van der Waals surface area contributed by atoms with E-state index in [1.807, 2.05) is 30.3 Å². The predicted molar refractivity (Wildman–Crippen MR) is 104 cm³/mol. The summed E-state index contributed by atoms with van der Waals surface area (Å²) in [7, 11) is 6.57. The van der Waals surface area contributed by atoms with Crippen molar-refractivity contribution in [3.8, 4) is 17.2 Å². The van der Waals surface area contributed by atoms with Crippen molar-refractivity contribution < 1.29 is 14.2 Å². The SMILES string of the molecule is CN=C(NCc1ccc(OC)c(OC)c1OC)NC(C)c1ccccc1. The molecule has 0 saturated heterocycles. The van der Waals surface area contributed by atoms with Crippen LogP contribution >= 0.6 is 0 Å². The second-order valence-corrected chi connectivity index (χ2v) is 5.70. The fourth-order valence-corrected chi connectivity index (χ4v) is 2.71. The van der Waals surface area contributed by atoms with Gasteiger partial charge in [-0.25, -0.2) is 0 Å². The Bertz CT molecular complexity index is 733. The summed E-state index contributed by atoms with van der Waals surface area (Å²) in [6.45, 7) is 2.63. The Labute approximate surface area is 155 Å². The zero-order chi connectivity index (χ0) is 18.9. The summed E-state index contributed by atoms with van der Waals surface area (Å²) in [6.07, 6.45) is 0. The number of benzene rings is 2. The third kappa shape index (κ3) is 4.59. The molecule has 2 aromatic rings. The molecule has 0 spiro atoms. The van der Waals surface area contributed by atoms with Crippen LogP contribution in [0.25, 0.3) is 0 Å². The molecule has 0 saturated carbocycles. The fourth-order valence-electron chi connectivity index (χ4n) is 2.71. The van der Waals surface area contributed by atoms with Crippen LogP contribution in [0.5, 0.6) is 17.2 Å². The molecule has 0 heterocycles. The summed E-state index contributed by atoms with van der Waals surface area (Å²) in [6, 6.07) is 14.2. The first-order chi connectivity index (χ1) is 12.6. The molecule has 2 aromatic carbocycles. The van der Waals surface area contributed by atoms with Crippen LogP contribution in [0.3, 0.4) is 0 Å². The van der Waals surface area contributed by atoms with Gasteiger partial charge in [-0.05, 0) is 24.6 Å². The first kappa shape index (κ1) is 19.4. The van der Waals surface area contributed by atoms with Crippen molar-refractivity contribution in [1.82, 2.24) is 10.6 Å². The van der Waals surface area contributed by atoms with E-state index in [9.17, 15) is 0 Å². The number of hydrogen-bond donors (Lipinski definition) is 2. The van der Waals surface area contributed by atoms with Crippen molar-refractivity contribution in [2.75, 3.05) is 28.4 Å². The summed E-state index contributed by atoms with van der Waals surface area (Å²) in [5.41, 5.74) is 2.14. The highest BCUT2D eigenvalue weighted by atomic mass is 16.5. The number of guanidine groups is 1. The van der Waals surface area contributed by atoms with E-state index in [2.05, 4.69) is 34.7 Å². The average molecular weight is 357 g/mol. The summed E-state index contributed by atoms with van der Waals surface area (Å²) in [5.74, 6) is 2.56. The molecule has 2 N–H and O–H groups in total. The second kappa shape index (κ2) is 9.56. The molecule has 6 heteroatoms. The van der Waals surface area contributed by atoms with Gasteiger partial charge in [0.1, 0.15) is 0 Å². The topological polar surface area (TPSA) is 64.1 Å². The molecule has 1 atom stereocenters. The van der Waals surface area contributed by atoms with Crippen LogP contribution in [0.2, 0.25) is 0 Å². The molecule has 0 fully saturated rings. The van der Waals surface area contributed by atoms with Crippen LogP contribution < -0.4 is 24.8 Å². The second-order valence-electron chi connectivity index (χ2n) is 5.70. The molecule has 6 nitrogen and oxygen atoms in total. The van der Waals surface area contributed by atoms with Gasteiger partial charge in [0.25, 0.3) is 0 Å². The Balaban J connectivity index is 2.09. The summed E-state index contributed by atoms with van der Waals surface area (Å²) >= 11 is 0. The van der Waals surface area contributed by atoms with Crippen LogP contribution in [-0.2, 0) is 6.54 Å². The summed E-state index contributed by atoms with van der Waals surface area (Å²) in [5, 5.41) is 6.70. The molecule has 0 radical (unpaired) electrons. The van der Waals surface area contributed by atoms with Gasteiger partial charge in [0.2, 0.25) is 5.75 Å². The van der Waals surface area contributed by atoms with Gasteiger partial charge in [0.05, 0.1) is 27.4 Å². The van der Waals surface area contributed by atoms with Gasteiger partial charge in [-0.3, -0.25) is 4.99 Å². The number of nitrogens with one attached hydrogen (secondary N) is 2. The van der Waals surface area contributed by atoms with Crippen LogP contribution in [-0.4, -0.2) is 34.3 Å². The lowest BCUT2D eigenvalue weighted by Crippen LogP contribution is -2.38. The highest BCUT2D eigenvalue weighted by Crippen LogP contribution is 2.39. The third-order valence-electron chi connectivity index (χ3n) is 4.11. The zero-order valence-electron chi connectivity index (χ0n) is 16.0. The molecule has 0 aliphatic carbocycles. The van der Waals surface area contributed by atoms with Crippen molar-refractivity contribution in [2.45, 2.75) is 19.5 Å². The van der Waals surface area contributed by atoms with Gasteiger partial charge in [-0.2, -0.15) is 0 Å². The molecular weight excluding hydrogens is 330 g/mol. The van der Waals surface area contributed by atoms with Crippen molar-refractivity contribution >= 4 is 5.96 Å². The number of hydrogen-bond acceptors (Lipinski definition) is 4. The molecule has 0 aliphatic rings. The Morgan fingerprint density at radius 1 is 0.962 bits per heavy atom. The Hall–Kier alpha value is -2.89. The van der Waals surface area contributed by atoms with Crippen molar-refractivity contribution in [3.05, 3.63) is 53.6 Å². The molecule has 1 unspecified atom stereocenters. The van der Waals surface area contributed by atoms with E-state index >= 15 is 0 Å². The Morgan fingerprint density at radius 3 is 2.23 bits per heavy atom. The van der Waals surface area contributed by atoms with Gasteiger partial charge in [0, 0.05) is 19.2 Å². The van der Waals surface area contributed by atoms with E-state index in [0.717, 1.165) is 5.56 Å². The average Bonchev–Trinajstić information content (AvgIpc) is 2.70. The van der Waals surface area contributed by atoms with Crippen LogP contribution in [0.1, 0.15) is 24.1 Å². The largest absolute Gasteiger partial charge is 0.493 e. The number of ether oxygens (including phenoxy) is 3. The molecule has 26 heavy (non-hydrogen) atoms. The minimum atomic E-state index is 0.134. The van der Waals surface area contributed by atoms with Crippen molar-refractivity contribution in [3.63, 3.8) is 0 Å². The normalized spacial score (nSPS) is 12.3. The van der Waals surface area contributed by atoms with E-state index in [0.29, 0.717) is 29.8 Å². The smallest absolute Gasteiger partial charge is 0.203 e. The number of nitrogens with zero attached hydrogens (tertiary/aromatic N) is 1. The van der Waals surface area contributed by atoms with Gasteiger partial charge in [-0.15, -0.1) is 0 Å². The molecule has 0 amide bonds. The van der Waals surface area contributed by atoms with Crippen molar-refractivity contribution in [2.24, 2.45) is 4.99 Å². The Morgan fingerprint density at radius 2 is 1.65 bits per heavy atom. The summed E-state index contributed by atoms with van der Waals surface area (Å²) in [4.78, 5) is 4.30. The first-order valence-corrected chi connectivity index (χ1v) is 8.44. The van der Waals surface area contributed by atoms with E-state index in [1.165, 1.54) is 5.56 Å². The molecule has 140 valence electrons. The minimum Gasteiger partial charge on any atom is -0.493 e. The fraction of sp³-hybridized carbons (Fsp3) is 0.350. The van der Waals surface area contributed by atoms with Gasteiger partial charge in [-0.1, -0.05) is 30.3 Å². The summed E-state index contributed by atoms with van der Waals surface area (Å²) < 4.78 is 16.3. The maximum absolute atomic E-state index is 5.52. The predicted octanol–water partition coefficient (Wildman–Crippen LogP) is 3.14. The lowest BCUT2D eigenvalue weighted by atomic mass is 10.1. The van der Waals surface area contributed by atoms with Crippen molar-refractivity contribution in [1.29, 1.82) is 0 Å². The van der Waals surface area contributed by atoms with Gasteiger partial charge < -0.3 is 24.8 Å². The van der Waals surface area contributed by atoms with Crippen LogP contribution in [0, 0.1) is 0 Å². The quantitative estimate of drug-likeness (QED) is 0.589. The third-order valence-corrected chi connectivity index (χ3v) is 4.11. The minimum absolute atomic E-state index is 0.134. The van der Waals surface area contributed by atoms with E-state index in [1.54, 1.807) is 28.4 Å². The van der Waals surface area contributed by atoms with Crippen LogP contribution in [0.4, 0.5) is 0 Å². The van der Waals surface area contributed by atoms with E-state index < -0.39 is 0 Å². The van der Waals surface area contributed by atoms with Gasteiger partial charge >= 0.3 is 0 Å². The maximum atomic E-state index is 5.52. The highest BCUT2D eigenvalue weighted by molar-refractivity contribution is 5.80. The van der Waals surface area contributed by atoms with E-state index in [-0.39, 0.29) is 6.04 Å². The molecule has 0 bridgehead atoms. The number of aliphatic imine (C=N–C) groups is 1. The van der Waals surface area contributed by atoms with Crippen LogP contribution in [0.15, 0.2) is 47.5 Å². The lowest BCUT2D eigenvalue weighted by molar-refractivity contribution is 0.322. The number of rotatable bonds is 7. The standard InChI is InChI=1S/C20H27N3O3/c1-14(15-9-7-6-8-10-15)23-20(21-2)22-13-16-11-12-17(24-3)19(26-5)18(16)25-4/h6-12,14H,13H2,1-5H3,(H2,21,22,23). The monoisotopic (exact) mass is 357 g/mol. The molecule has 0 aliphatic heterocycles. The molecule has 0 aromatic heterocycles. The van der Waals surface area contributed by atoms with E-state index in [4.69, 9.17) is 14.2 Å². The zero-order valence-corrected chi connectivity index (χ0v) is 16.0.